The highest BCUT2D eigenvalue weighted by molar-refractivity contribution is 6.30. The molecule has 6 heteroatoms. The van der Waals surface area contributed by atoms with Gasteiger partial charge in [-0.05, 0) is 31.6 Å². The Hall–Kier alpha value is -1.07. The van der Waals surface area contributed by atoms with Gasteiger partial charge in [0.25, 0.3) is 0 Å². The molecule has 1 aromatic rings. The molecule has 0 bridgehead atoms. The van der Waals surface area contributed by atoms with Gasteiger partial charge in [-0.25, -0.2) is 4.79 Å². The first-order valence-electron chi connectivity index (χ1n) is 6.01. The van der Waals surface area contributed by atoms with E-state index in [4.69, 9.17) is 16.3 Å². The minimum absolute atomic E-state index is 0.438. The van der Waals surface area contributed by atoms with E-state index in [1.54, 1.807) is 13.3 Å². The number of aromatic nitrogens is 2. The van der Waals surface area contributed by atoms with E-state index in [0.717, 1.165) is 12.8 Å². The highest BCUT2D eigenvalue weighted by Crippen LogP contribution is 2.38. The zero-order valence-electron chi connectivity index (χ0n) is 10.3. The second kappa shape index (κ2) is 5.28. The number of methoxy groups -OCH3 is 1. The first-order chi connectivity index (χ1) is 8.58. The van der Waals surface area contributed by atoms with Crippen molar-refractivity contribution >= 4 is 17.6 Å². The summed E-state index contributed by atoms with van der Waals surface area (Å²) in [5.74, 6) is -0.397. The van der Waals surface area contributed by atoms with Gasteiger partial charge in [-0.15, -0.1) is 0 Å². The molecule has 2 rings (SSSR count). The highest BCUT2D eigenvalue weighted by atomic mass is 35.5. The Balaban J connectivity index is 2.18. The van der Waals surface area contributed by atoms with E-state index < -0.39 is 11.5 Å². The quantitative estimate of drug-likeness (QED) is 0.912. The molecule has 18 heavy (non-hydrogen) atoms. The predicted octanol–water partition coefficient (Wildman–Crippen LogP) is 2.15. The normalized spacial score (nSPS) is 28.2. The van der Waals surface area contributed by atoms with Crippen molar-refractivity contribution < 1.29 is 14.6 Å². The van der Waals surface area contributed by atoms with E-state index in [0.29, 0.717) is 30.4 Å². The summed E-state index contributed by atoms with van der Waals surface area (Å²) in [7, 11) is 1.67. The van der Waals surface area contributed by atoms with Gasteiger partial charge in [0.1, 0.15) is 0 Å². The summed E-state index contributed by atoms with van der Waals surface area (Å²) in [5, 5.41) is 14.1. The number of ether oxygens (including phenoxy) is 1. The minimum Gasteiger partial charge on any atom is -0.479 e. The molecule has 0 spiro atoms. The molecule has 0 saturated heterocycles. The maximum absolute atomic E-state index is 11.6. The monoisotopic (exact) mass is 272 g/mol. The van der Waals surface area contributed by atoms with Crippen LogP contribution in [0.4, 0.5) is 0 Å². The summed E-state index contributed by atoms with van der Waals surface area (Å²) >= 11 is 5.83. The first kappa shape index (κ1) is 13.4. The van der Waals surface area contributed by atoms with Crippen molar-refractivity contribution in [2.24, 2.45) is 5.92 Å². The van der Waals surface area contributed by atoms with E-state index in [-0.39, 0.29) is 0 Å². The average Bonchev–Trinajstić information content (AvgIpc) is 2.77. The second-order valence-corrected chi connectivity index (χ2v) is 5.28. The van der Waals surface area contributed by atoms with Crippen LogP contribution in [0.3, 0.4) is 0 Å². The summed E-state index contributed by atoms with van der Waals surface area (Å²) in [4.78, 5) is 11.6. The van der Waals surface area contributed by atoms with Crippen molar-refractivity contribution in [3.63, 3.8) is 0 Å². The molecule has 5 nitrogen and oxygen atoms in total. The third-order valence-corrected chi connectivity index (χ3v) is 3.92. The number of hydrogen-bond acceptors (Lipinski definition) is 3. The fourth-order valence-corrected chi connectivity index (χ4v) is 2.77. The smallest absolute Gasteiger partial charge is 0.331 e. The largest absolute Gasteiger partial charge is 0.479 e. The zero-order chi connectivity index (χ0) is 13.2. The molecular weight excluding hydrogens is 256 g/mol. The Labute approximate surface area is 111 Å². The van der Waals surface area contributed by atoms with Crippen LogP contribution in [0.25, 0.3) is 0 Å². The molecule has 0 aliphatic heterocycles. The van der Waals surface area contributed by atoms with Crippen molar-refractivity contribution in [2.75, 3.05) is 13.7 Å². The average molecular weight is 273 g/mol. The van der Waals surface area contributed by atoms with Crippen molar-refractivity contribution in [1.29, 1.82) is 0 Å². The highest BCUT2D eigenvalue weighted by Gasteiger charge is 2.44. The number of hydrogen-bond donors (Lipinski definition) is 1. The fraction of sp³-hybridized carbons (Fsp3) is 0.667. The number of carboxylic acids is 1. The number of carbonyl (C=O) groups is 1. The van der Waals surface area contributed by atoms with Crippen LogP contribution in [0.2, 0.25) is 5.02 Å². The van der Waals surface area contributed by atoms with E-state index in [1.165, 1.54) is 10.9 Å². The molecule has 0 aromatic carbocycles. The Kier molecular flexibility index (Phi) is 3.92. The van der Waals surface area contributed by atoms with Crippen LogP contribution in [0.1, 0.15) is 25.7 Å². The Bertz CT molecular complexity index is 425. The first-order valence-corrected chi connectivity index (χ1v) is 6.39. The molecule has 1 fully saturated rings. The Morgan fingerprint density at radius 1 is 1.67 bits per heavy atom. The lowest BCUT2D eigenvalue weighted by Gasteiger charge is -2.36. The van der Waals surface area contributed by atoms with Gasteiger partial charge in [-0.2, -0.15) is 5.10 Å². The van der Waals surface area contributed by atoms with Crippen molar-refractivity contribution in [2.45, 2.75) is 31.2 Å². The van der Waals surface area contributed by atoms with Crippen LogP contribution in [0.15, 0.2) is 12.4 Å². The Morgan fingerprint density at radius 3 is 2.78 bits per heavy atom. The van der Waals surface area contributed by atoms with Crippen LogP contribution < -0.4 is 0 Å². The number of halogens is 1. The van der Waals surface area contributed by atoms with Gasteiger partial charge < -0.3 is 9.84 Å². The van der Waals surface area contributed by atoms with Gasteiger partial charge in [0.2, 0.25) is 0 Å². The standard InChI is InChI=1S/C12H17ClN2O3/c1-18-8-9-2-4-12(5-3-9,11(16)17)15-7-10(13)6-14-15/h6-7,9H,2-5,8H2,1H3,(H,16,17). The summed E-state index contributed by atoms with van der Waals surface area (Å²) < 4.78 is 6.63. The zero-order valence-corrected chi connectivity index (χ0v) is 11.1. The van der Waals surface area contributed by atoms with Gasteiger partial charge in [-0.3, -0.25) is 4.68 Å². The minimum atomic E-state index is -0.947. The molecule has 1 heterocycles. The van der Waals surface area contributed by atoms with E-state index >= 15 is 0 Å². The molecule has 1 aromatic heterocycles. The second-order valence-electron chi connectivity index (χ2n) is 4.84. The number of rotatable bonds is 4. The third-order valence-electron chi connectivity index (χ3n) is 3.72. The molecule has 0 radical (unpaired) electrons. The van der Waals surface area contributed by atoms with Crippen LogP contribution >= 0.6 is 11.6 Å². The van der Waals surface area contributed by atoms with Gasteiger partial charge in [0, 0.05) is 19.9 Å². The third kappa shape index (κ3) is 2.37. The van der Waals surface area contributed by atoms with Gasteiger partial charge in [0.15, 0.2) is 5.54 Å². The van der Waals surface area contributed by atoms with Crippen LogP contribution in [-0.2, 0) is 15.1 Å². The van der Waals surface area contributed by atoms with E-state index in [1.807, 2.05) is 0 Å². The van der Waals surface area contributed by atoms with E-state index in [2.05, 4.69) is 5.10 Å². The van der Waals surface area contributed by atoms with Crippen LogP contribution in [-0.4, -0.2) is 34.6 Å². The van der Waals surface area contributed by atoms with Crippen molar-refractivity contribution in [1.82, 2.24) is 9.78 Å². The number of aliphatic carboxylic acids is 1. The molecule has 0 unspecified atom stereocenters. The van der Waals surface area contributed by atoms with Crippen molar-refractivity contribution in [3.8, 4) is 0 Å². The topological polar surface area (TPSA) is 64.3 Å². The molecule has 0 atom stereocenters. The van der Waals surface area contributed by atoms with Crippen molar-refractivity contribution in [3.05, 3.63) is 17.4 Å². The lowest BCUT2D eigenvalue weighted by molar-refractivity contribution is -0.151. The van der Waals surface area contributed by atoms with Gasteiger partial charge >= 0.3 is 5.97 Å². The predicted molar refractivity (Wildman–Crippen MR) is 66.7 cm³/mol. The molecule has 100 valence electrons. The fourth-order valence-electron chi connectivity index (χ4n) is 2.63. The number of carboxylic acid groups (broad SMARTS) is 1. The van der Waals surface area contributed by atoms with E-state index in [9.17, 15) is 9.90 Å². The summed E-state index contributed by atoms with van der Waals surface area (Å²) in [6.07, 6.45) is 5.86. The molecule has 1 saturated carbocycles. The number of nitrogens with zero attached hydrogens (tertiary/aromatic N) is 2. The summed E-state index contributed by atoms with van der Waals surface area (Å²) in [6, 6.07) is 0. The maximum atomic E-state index is 11.6. The molecule has 1 N–H and O–H groups in total. The van der Waals surface area contributed by atoms with Gasteiger partial charge in [0.05, 0.1) is 11.2 Å². The molecular formula is C12H17ClN2O3. The molecule has 0 amide bonds. The lowest BCUT2D eigenvalue weighted by atomic mass is 9.77. The van der Waals surface area contributed by atoms with Crippen LogP contribution in [0.5, 0.6) is 0 Å². The molecule has 1 aliphatic rings. The lowest BCUT2D eigenvalue weighted by Crippen LogP contribution is -2.45. The SMILES string of the molecule is COCC1CCC(C(=O)O)(n2cc(Cl)cn2)CC1. The maximum Gasteiger partial charge on any atom is 0.331 e. The summed E-state index contributed by atoms with van der Waals surface area (Å²) in [5.41, 5.74) is -0.947. The molecule has 1 aliphatic carbocycles. The van der Waals surface area contributed by atoms with Gasteiger partial charge in [-0.1, -0.05) is 11.6 Å². The van der Waals surface area contributed by atoms with Crippen LogP contribution in [0, 0.1) is 5.92 Å². The Morgan fingerprint density at radius 2 is 2.33 bits per heavy atom. The summed E-state index contributed by atoms with van der Waals surface area (Å²) in [6.45, 7) is 0.690.